The Morgan fingerprint density at radius 2 is 1.53 bits per heavy atom. The summed E-state index contributed by atoms with van der Waals surface area (Å²) in [4.78, 5) is 0. The molecular weight excluding hydrogens is 319 g/mol. The molecule has 0 aliphatic heterocycles. The fourth-order valence-electron chi connectivity index (χ4n) is 1.96. The Morgan fingerprint density at radius 3 is 2.00 bits per heavy atom. The standard InChI is InChI=1S/C14H11BrF3N/c1-19-14(8-2-4-10(16)5-3-8)13-11(17)6-9(15)7-12(13)18/h2-7,14,19H,1H3. The van der Waals surface area contributed by atoms with Crippen molar-refractivity contribution in [2.45, 2.75) is 6.04 Å². The smallest absolute Gasteiger partial charge is 0.132 e. The van der Waals surface area contributed by atoms with Gasteiger partial charge in [-0.2, -0.15) is 0 Å². The van der Waals surface area contributed by atoms with Crippen molar-refractivity contribution in [2.75, 3.05) is 7.05 Å². The highest BCUT2D eigenvalue weighted by molar-refractivity contribution is 9.10. The van der Waals surface area contributed by atoms with Crippen LogP contribution in [0, 0.1) is 17.5 Å². The third-order valence-electron chi connectivity index (χ3n) is 2.82. The van der Waals surface area contributed by atoms with Gasteiger partial charge in [-0.25, -0.2) is 13.2 Å². The molecule has 2 aromatic carbocycles. The van der Waals surface area contributed by atoms with E-state index < -0.39 is 23.5 Å². The number of hydrogen-bond acceptors (Lipinski definition) is 1. The van der Waals surface area contributed by atoms with E-state index in [4.69, 9.17) is 0 Å². The predicted molar refractivity (Wildman–Crippen MR) is 71.4 cm³/mol. The molecule has 5 heteroatoms. The number of hydrogen-bond donors (Lipinski definition) is 1. The molecule has 0 saturated carbocycles. The summed E-state index contributed by atoms with van der Waals surface area (Å²) in [5.41, 5.74) is 0.501. The van der Waals surface area contributed by atoms with Crippen LogP contribution in [0.2, 0.25) is 0 Å². The van der Waals surface area contributed by atoms with E-state index in [9.17, 15) is 13.2 Å². The Hall–Kier alpha value is -1.33. The fraction of sp³-hybridized carbons (Fsp3) is 0.143. The minimum atomic E-state index is -0.673. The van der Waals surface area contributed by atoms with Gasteiger partial charge in [-0.15, -0.1) is 0 Å². The first-order valence-corrected chi connectivity index (χ1v) is 6.39. The molecule has 0 bridgehead atoms. The van der Waals surface area contributed by atoms with Gasteiger partial charge in [-0.3, -0.25) is 0 Å². The van der Waals surface area contributed by atoms with E-state index in [2.05, 4.69) is 21.2 Å². The van der Waals surface area contributed by atoms with Crippen molar-refractivity contribution in [3.63, 3.8) is 0 Å². The highest BCUT2D eigenvalue weighted by Gasteiger charge is 2.21. The average Bonchev–Trinajstić information content (AvgIpc) is 2.35. The van der Waals surface area contributed by atoms with Crippen molar-refractivity contribution in [3.8, 4) is 0 Å². The van der Waals surface area contributed by atoms with Crippen LogP contribution in [0.15, 0.2) is 40.9 Å². The van der Waals surface area contributed by atoms with Crippen LogP contribution < -0.4 is 5.32 Å². The molecule has 1 nitrogen and oxygen atoms in total. The van der Waals surface area contributed by atoms with E-state index >= 15 is 0 Å². The lowest BCUT2D eigenvalue weighted by atomic mass is 9.98. The van der Waals surface area contributed by atoms with Crippen molar-refractivity contribution < 1.29 is 13.2 Å². The van der Waals surface area contributed by atoms with Crippen LogP contribution in [-0.2, 0) is 0 Å². The molecule has 0 aliphatic carbocycles. The average molecular weight is 330 g/mol. The minimum Gasteiger partial charge on any atom is -0.309 e. The summed E-state index contributed by atoms with van der Waals surface area (Å²) in [6.07, 6.45) is 0. The SMILES string of the molecule is CNC(c1ccc(F)cc1)c1c(F)cc(Br)cc1F. The number of rotatable bonds is 3. The van der Waals surface area contributed by atoms with Crippen molar-refractivity contribution >= 4 is 15.9 Å². The van der Waals surface area contributed by atoms with Gasteiger partial charge in [0.2, 0.25) is 0 Å². The van der Waals surface area contributed by atoms with Crippen LogP contribution >= 0.6 is 15.9 Å². The highest BCUT2D eigenvalue weighted by Crippen LogP contribution is 2.29. The van der Waals surface area contributed by atoms with Gasteiger partial charge in [-0.1, -0.05) is 28.1 Å². The molecular formula is C14H11BrF3N. The molecule has 2 rings (SSSR count). The van der Waals surface area contributed by atoms with Crippen LogP contribution in [-0.4, -0.2) is 7.05 Å². The summed E-state index contributed by atoms with van der Waals surface area (Å²) in [6.45, 7) is 0. The van der Waals surface area contributed by atoms with Crippen molar-refractivity contribution in [1.82, 2.24) is 5.32 Å². The molecule has 1 unspecified atom stereocenters. The lowest BCUT2D eigenvalue weighted by molar-refractivity contribution is 0.520. The van der Waals surface area contributed by atoms with Crippen molar-refractivity contribution in [1.29, 1.82) is 0 Å². The summed E-state index contributed by atoms with van der Waals surface area (Å²) >= 11 is 3.03. The largest absolute Gasteiger partial charge is 0.309 e. The lowest BCUT2D eigenvalue weighted by Crippen LogP contribution is -2.20. The van der Waals surface area contributed by atoms with Gasteiger partial charge in [0.1, 0.15) is 17.5 Å². The van der Waals surface area contributed by atoms with E-state index in [0.717, 1.165) is 0 Å². The Morgan fingerprint density at radius 1 is 1.00 bits per heavy atom. The molecule has 0 spiro atoms. The zero-order valence-electron chi connectivity index (χ0n) is 10.1. The third-order valence-corrected chi connectivity index (χ3v) is 3.28. The van der Waals surface area contributed by atoms with E-state index in [0.29, 0.717) is 10.0 Å². The number of benzene rings is 2. The first-order chi connectivity index (χ1) is 9.02. The van der Waals surface area contributed by atoms with Gasteiger partial charge in [0, 0.05) is 10.0 Å². The van der Waals surface area contributed by atoms with E-state index in [1.54, 1.807) is 7.05 Å². The van der Waals surface area contributed by atoms with Gasteiger partial charge < -0.3 is 5.32 Å². The summed E-state index contributed by atoms with van der Waals surface area (Å²) < 4.78 is 41.1. The second kappa shape index (κ2) is 5.75. The third kappa shape index (κ3) is 2.98. The first-order valence-electron chi connectivity index (χ1n) is 5.60. The van der Waals surface area contributed by atoms with Crippen LogP contribution in [0.1, 0.15) is 17.2 Å². The van der Waals surface area contributed by atoms with E-state index in [1.807, 2.05) is 0 Å². The molecule has 100 valence electrons. The maximum atomic E-state index is 13.9. The Bertz CT molecular complexity index is 561. The molecule has 2 aromatic rings. The second-order valence-electron chi connectivity index (χ2n) is 4.06. The lowest BCUT2D eigenvalue weighted by Gasteiger charge is -2.19. The van der Waals surface area contributed by atoms with Gasteiger partial charge in [-0.05, 0) is 36.9 Å². The summed E-state index contributed by atoms with van der Waals surface area (Å²) in [5, 5.41) is 2.84. The van der Waals surface area contributed by atoms with Crippen molar-refractivity contribution in [2.24, 2.45) is 0 Å². The van der Waals surface area contributed by atoms with E-state index in [1.165, 1.54) is 36.4 Å². The quantitative estimate of drug-likeness (QED) is 0.890. The molecule has 0 heterocycles. The molecule has 19 heavy (non-hydrogen) atoms. The molecule has 0 fully saturated rings. The van der Waals surface area contributed by atoms with Gasteiger partial charge in [0.25, 0.3) is 0 Å². The minimum absolute atomic E-state index is 0.0858. The summed E-state index contributed by atoms with van der Waals surface area (Å²) in [7, 11) is 1.59. The second-order valence-corrected chi connectivity index (χ2v) is 4.97. The molecule has 0 radical (unpaired) electrons. The number of halogens is 4. The maximum absolute atomic E-state index is 13.9. The Kier molecular flexibility index (Phi) is 4.27. The first kappa shape index (κ1) is 14.1. The van der Waals surface area contributed by atoms with Gasteiger partial charge in [0.05, 0.1) is 6.04 Å². The molecule has 0 saturated heterocycles. The fourth-order valence-corrected chi connectivity index (χ4v) is 2.36. The molecule has 0 amide bonds. The van der Waals surface area contributed by atoms with Gasteiger partial charge in [0.15, 0.2) is 0 Å². The van der Waals surface area contributed by atoms with Crippen LogP contribution in [0.4, 0.5) is 13.2 Å². The van der Waals surface area contributed by atoms with Crippen molar-refractivity contribution in [3.05, 3.63) is 69.4 Å². The molecule has 1 N–H and O–H groups in total. The highest BCUT2D eigenvalue weighted by atomic mass is 79.9. The Labute approximate surface area is 117 Å². The van der Waals surface area contributed by atoms with Gasteiger partial charge >= 0.3 is 0 Å². The zero-order valence-corrected chi connectivity index (χ0v) is 11.6. The van der Waals surface area contributed by atoms with Crippen LogP contribution in [0.3, 0.4) is 0 Å². The maximum Gasteiger partial charge on any atom is 0.132 e. The predicted octanol–water partition coefficient (Wildman–Crippen LogP) is 4.18. The van der Waals surface area contributed by atoms with E-state index in [-0.39, 0.29) is 5.56 Å². The van der Waals surface area contributed by atoms with Crippen LogP contribution in [0.5, 0.6) is 0 Å². The topological polar surface area (TPSA) is 12.0 Å². The number of nitrogens with one attached hydrogen (secondary N) is 1. The molecule has 0 aromatic heterocycles. The summed E-state index contributed by atoms with van der Waals surface area (Å²) in [6, 6.07) is 7.24. The monoisotopic (exact) mass is 329 g/mol. The Balaban J connectivity index is 2.51. The summed E-state index contributed by atoms with van der Waals surface area (Å²) in [5.74, 6) is -1.71. The normalized spacial score (nSPS) is 12.5. The zero-order chi connectivity index (χ0) is 14.0. The molecule has 0 aliphatic rings. The molecule has 1 atom stereocenters. The van der Waals surface area contributed by atoms with Crippen LogP contribution in [0.25, 0.3) is 0 Å².